The van der Waals surface area contributed by atoms with Gasteiger partial charge in [-0.15, -0.1) is 0 Å². The predicted molar refractivity (Wildman–Crippen MR) is 117 cm³/mol. The van der Waals surface area contributed by atoms with Gasteiger partial charge in [-0.1, -0.05) is 61.5 Å². The standard InChI is InChI=1S/C24H27N3O4/c1-16(2)22(24(29)27(3)15-17-9-6-5-7-10-17)25-23(28)20-14-21(31-26-20)18-11-8-12-19(13-18)30-4/h5-14,16,22H,15H2,1-4H3,(H,25,28). The summed E-state index contributed by atoms with van der Waals surface area (Å²) in [4.78, 5) is 27.4. The molecule has 0 fully saturated rings. The number of amides is 2. The van der Waals surface area contributed by atoms with Gasteiger partial charge in [-0.05, 0) is 23.6 Å². The molecule has 0 bridgehead atoms. The first-order valence-corrected chi connectivity index (χ1v) is 10.1. The maximum atomic E-state index is 13.0. The van der Waals surface area contributed by atoms with Crippen molar-refractivity contribution in [2.45, 2.75) is 26.4 Å². The molecule has 1 aromatic heterocycles. The zero-order chi connectivity index (χ0) is 22.4. The molecule has 7 heteroatoms. The zero-order valence-electron chi connectivity index (χ0n) is 18.2. The molecule has 2 aromatic carbocycles. The fourth-order valence-corrected chi connectivity index (χ4v) is 3.20. The second-order valence-corrected chi connectivity index (χ2v) is 7.68. The molecule has 2 amide bonds. The lowest BCUT2D eigenvalue weighted by molar-refractivity contribution is -0.133. The fraction of sp³-hybridized carbons (Fsp3) is 0.292. The number of benzene rings is 2. The number of carbonyl (C=O) groups excluding carboxylic acids is 2. The first-order valence-electron chi connectivity index (χ1n) is 10.1. The van der Waals surface area contributed by atoms with Crippen molar-refractivity contribution in [3.05, 3.63) is 71.9 Å². The van der Waals surface area contributed by atoms with Crippen LogP contribution in [0.3, 0.4) is 0 Å². The van der Waals surface area contributed by atoms with Gasteiger partial charge in [0.1, 0.15) is 11.8 Å². The maximum Gasteiger partial charge on any atom is 0.274 e. The van der Waals surface area contributed by atoms with Crippen molar-refractivity contribution < 1.29 is 18.8 Å². The number of aromatic nitrogens is 1. The third-order valence-corrected chi connectivity index (χ3v) is 4.96. The van der Waals surface area contributed by atoms with Crippen molar-refractivity contribution in [2.24, 2.45) is 5.92 Å². The number of methoxy groups -OCH3 is 1. The molecule has 1 heterocycles. The van der Waals surface area contributed by atoms with Crippen molar-refractivity contribution in [1.29, 1.82) is 0 Å². The van der Waals surface area contributed by atoms with Crippen LogP contribution in [0.5, 0.6) is 5.75 Å². The van der Waals surface area contributed by atoms with Crippen LogP contribution in [-0.2, 0) is 11.3 Å². The van der Waals surface area contributed by atoms with E-state index in [0.717, 1.165) is 11.1 Å². The number of hydrogen-bond acceptors (Lipinski definition) is 5. The Bertz CT molecular complexity index is 1030. The highest BCUT2D eigenvalue weighted by atomic mass is 16.5. The van der Waals surface area contributed by atoms with Crippen LogP contribution < -0.4 is 10.1 Å². The molecule has 1 unspecified atom stereocenters. The quantitative estimate of drug-likeness (QED) is 0.599. The van der Waals surface area contributed by atoms with Crippen molar-refractivity contribution in [3.63, 3.8) is 0 Å². The molecule has 0 aliphatic carbocycles. The summed E-state index contributed by atoms with van der Waals surface area (Å²) >= 11 is 0. The molecule has 0 aliphatic rings. The number of rotatable bonds is 8. The SMILES string of the molecule is COc1cccc(-c2cc(C(=O)NC(C(=O)N(C)Cc3ccccc3)C(C)C)no2)c1. The molecule has 0 aliphatic heterocycles. The minimum absolute atomic E-state index is 0.0978. The normalized spacial score (nSPS) is 11.8. The van der Waals surface area contributed by atoms with Crippen LogP contribution >= 0.6 is 0 Å². The minimum Gasteiger partial charge on any atom is -0.497 e. The number of hydrogen-bond donors (Lipinski definition) is 1. The van der Waals surface area contributed by atoms with Crippen LogP contribution in [0.4, 0.5) is 0 Å². The summed E-state index contributed by atoms with van der Waals surface area (Å²) in [5, 5.41) is 6.69. The Labute approximate surface area is 182 Å². The van der Waals surface area contributed by atoms with Crippen molar-refractivity contribution in [3.8, 4) is 17.1 Å². The van der Waals surface area contributed by atoms with Gasteiger partial charge in [0.15, 0.2) is 11.5 Å². The number of ether oxygens (including phenoxy) is 1. The van der Waals surface area contributed by atoms with Gasteiger partial charge in [0, 0.05) is 25.2 Å². The van der Waals surface area contributed by atoms with Crippen LogP contribution in [0.15, 0.2) is 65.2 Å². The fourth-order valence-electron chi connectivity index (χ4n) is 3.20. The lowest BCUT2D eigenvalue weighted by Gasteiger charge is -2.27. The van der Waals surface area contributed by atoms with Gasteiger partial charge in [-0.25, -0.2) is 0 Å². The summed E-state index contributed by atoms with van der Waals surface area (Å²) < 4.78 is 10.6. The van der Waals surface area contributed by atoms with E-state index < -0.39 is 11.9 Å². The van der Waals surface area contributed by atoms with E-state index in [-0.39, 0.29) is 17.5 Å². The Morgan fingerprint density at radius 3 is 2.52 bits per heavy atom. The van der Waals surface area contributed by atoms with Gasteiger partial charge in [0.2, 0.25) is 5.91 Å². The molecule has 3 rings (SSSR count). The molecule has 1 atom stereocenters. The van der Waals surface area contributed by atoms with Gasteiger partial charge >= 0.3 is 0 Å². The molecule has 1 N–H and O–H groups in total. The van der Waals surface area contributed by atoms with Gasteiger partial charge < -0.3 is 19.5 Å². The number of nitrogens with one attached hydrogen (secondary N) is 1. The Morgan fingerprint density at radius 2 is 1.84 bits per heavy atom. The van der Waals surface area contributed by atoms with E-state index in [1.54, 1.807) is 31.2 Å². The van der Waals surface area contributed by atoms with Crippen LogP contribution in [0.25, 0.3) is 11.3 Å². The largest absolute Gasteiger partial charge is 0.497 e. The zero-order valence-corrected chi connectivity index (χ0v) is 18.2. The number of carbonyl (C=O) groups is 2. The molecule has 3 aromatic rings. The number of nitrogens with zero attached hydrogens (tertiary/aromatic N) is 2. The summed E-state index contributed by atoms with van der Waals surface area (Å²) in [5.74, 6) is 0.394. The lowest BCUT2D eigenvalue weighted by Crippen LogP contribution is -2.50. The average molecular weight is 421 g/mol. The van der Waals surface area contributed by atoms with E-state index in [2.05, 4.69) is 10.5 Å². The molecular weight excluding hydrogens is 394 g/mol. The summed E-state index contributed by atoms with van der Waals surface area (Å²) in [5.41, 5.74) is 1.87. The van der Waals surface area contributed by atoms with Crippen LogP contribution in [0.1, 0.15) is 29.9 Å². The third-order valence-electron chi connectivity index (χ3n) is 4.96. The highest BCUT2D eigenvalue weighted by molar-refractivity contribution is 5.96. The first kappa shape index (κ1) is 22.1. The number of likely N-dealkylation sites (N-methyl/N-ethyl adjacent to an activating group) is 1. The Balaban J connectivity index is 1.70. The van der Waals surface area contributed by atoms with Gasteiger partial charge in [0.25, 0.3) is 5.91 Å². The molecule has 7 nitrogen and oxygen atoms in total. The van der Waals surface area contributed by atoms with E-state index in [1.165, 1.54) is 0 Å². The van der Waals surface area contributed by atoms with Crippen molar-refractivity contribution >= 4 is 11.8 Å². The molecule has 0 spiro atoms. The molecule has 0 radical (unpaired) electrons. The molecule has 0 saturated carbocycles. The van der Waals surface area contributed by atoms with E-state index in [0.29, 0.717) is 18.1 Å². The Kier molecular flexibility index (Phi) is 7.07. The highest BCUT2D eigenvalue weighted by Gasteiger charge is 2.28. The minimum atomic E-state index is -0.682. The van der Waals surface area contributed by atoms with E-state index in [9.17, 15) is 9.59 Å². The van der Waals surface area contributed by atoms with Crippen LogP contribution in [-0.4, -0.2) is 42.1 Å². The van der Waals surface area contributed by atoms with E-state index >= 15 is 0 Å². The molecule has 0 saturated heterocycles. The summed E-state index contributed by atoms with van der Waals surface area (Å²) in [6.07, 6.45) is 0. The molecular formula is C24H27N3O4. The topological polar surface area (TPSA) is 84.7 Å². The lowest BCUT2D eigenvalue weighted by atomic mass is 10.0. The molecule has 162 valence electrons. The van der Waals surface area contributed by atoms with Crippen LogP contribution in [0, 0.1) is 5.92 Å². The predicted octanol–water partition coefficient (Wildman–Crippen LogP) is 3.76. The van der Waals surface area contributed by atoms with E-state index in [4.69, 9.17) is 9.26 Å². The van der Waals surface area contributed by atoms with Crippen molar-refractivity contribution in [1.82, 2.24) is 15.4 Å². The van der Waals surface area contributed by atoms with E-state index in [1.807, 2.05) is 62.4 Å². The van der Waals surface area contributed by atoms with Crippen LogP contribution in [0.2, 0.25) is 0 Å². The second-order valence-electron chi connectivity index (χ2n) is 7.68. The Hall–Kier alpha value is -3.61. The Morgan fingerprint density at radius 1 is 1.10 bits per heavy atom. The summed E-state index contributed by atoms with van der Waals surface area (Å²) in [6.45, 7) is 4.25. The monoisotopic (exact) mass is 421 g/mol. The average Bonchev–Trinajstić information content (AvgIpc) is 3.28. The van der Waals surface area contributed by atoms with Crippen molar-refractivity contribution in [2.75, 3.05) is 14.2 Å². The highest BCUT2D eigenvalue weighted by Crippen LogP contribution is 2.24. The van der Waals surface area contributed by atoms with Gasteiger partial charge in [-0.2, -0.15) is 0 Å². The summed E-state index contributed by atoms with van der Waals surface area (Å²) in [7, 11) is 3.31. The smallest absolute Gasteiger partial charge is 0.274 e. The van der Waals surface area contributed by atoms with Gasteiger partial charge in [-0.3, -0.25) is 9.59 Å². The second kappa shape index (κ2) is 9.93. The van der Waals surface area contributed by atoms with Gasteiger partial charge in [0.05, 0.1) is 7.11 Å². The molecule has 31 heavy (non-hydrogen) atoms. The third kappa shape index (κ3) is 5.51. The summed E-state index contributed by atoms with van der Waals surface area (Å²) in [6, 6.07) is 17.9. The first-order chi connectivity index (χ1) is 14.9. The maximum absolute atomic E-state index is 13.0.